The lowest BCUT2D eigenvalue weighted by Gasteiger charge is -2.23. The monoisotopic (exact) mass is 368 g/mol. The number of hydrogen-bond acceptors (Lipinski definition) is 6. The Labute approximate surface area is 129 Å². The van der Waals surface area contributed by atoms with Crippen molar-refractivity contribution in [3.05, 3.63) is 0 Å². The summed E-state index contributed by atoms with van der Waals surface area (Å²) < 4.78 is 88.4. The van der Waals surface area contributed by atoms with E-state index in [1.807, 2.05) is 0 Å². The summed E-state index contributed by atoms with van der Waals surface area (Å²) in [5, 5.41) is -5.62. The van der Waals surface area contributed by atoms with E-state index in [1.165, 1.54) is 13.8 Å². The number of esters is 2. The lowest BCUT2D eigenvalue weighted by Crippen LogP contribution is -2.55. The summed E-state index contributed by atoms with van der Waals surface area (Å²) in [7, 11) is -6.48. The number of carbonyl (C=O) groups is 2. The molecule has 0 amide bonds. The molecule has 0 aliphatic heterocycles. The molecule has 23 heavy (non-hydrogen) atoms. The smallest absolute Gasteiger partial charge is 0.451 e. The van der Waals surface area contributed by atoms with Crippen molar-refractivity contribution in [2.24, 2.45) is 5.41 Å². The van der Waals surface area contributed by atoms with Gasteiger partial charge >= 0.3 is 33.2 Å². The Kier molecular flexibility index (Phi) is 6.56. The second-order valence-corrected chi connectivity index (χ2v) is 6.59. The first kappa shape index (κ1) is 21.6. The summed E-state index contributed by atoms with van der Waals surface area (Å²) in [4.78, 5) is 22.6. The zero-order valence-electron chi connectivity index (χ0n) is 12.4. The van der Waals surface area contributed by atoms with Crippen molar-refractivity contribution in [1.82, 2.24) is 0 Å². The van der Waals surface area contributed by atoms with Crippen LogP contribution in [0.5, 0.6) is 0 Å². The molecular weight excluding hydrogens is 352 g/mol. The Hall–Kier alpha value is -1.43. The molecule has 0 fully saturated rings. The van der Waals surface area contributed by atoms with E-state index in [1.54, 1.807) is 6.92 Å². The average molecular weight is 368 g/mol. The molecule has 0 aliphatic carbocycles. The van der Waals surface area contributed by atoms with E-state index in [-0.39, 0.29) is 0 Å². The predicted molar refractivity (Wildman–Crippen MR) is 67.4 cm³/mol. The van der Waals surface area contributed by atoms with Crippen LogP contribution in [0.3, 0.4) is 0 Å². The van der Waals surface area contributed by atoms with E-state index in [9.17, 15) is 35.6 Å². The van der Waals surface area contributed by atoms with Crippen molar-refractivity contribution in [1.29, 1.82) is 0 Å². The standard InChI is InChI=1S/C11H16F4O7S/c1-4-9(2,3)7(16)21-5-6-22-8(17)10(12,11(13,14)15)23(18,19)20/h4-6H2,1-3H3,(H,18,19,20). The molecule has 0 saturated carbocycles. The summed E-state index contributed by atoms with van der Waals surface area (Å²) >= 11 is 0. The minimum absolute atomic E-state index is 0.385. The molecule has 7 nitrogen and oxygen atoms in total. The van der Waals surface area contributed by atoms with Crippen LogP contribution in [0.1, 0.15) is 27.2 Å². The van der Waals surface area contributed by atoms with Crippen molar-refractivity contribution < 1.29 is 49.6 Å². The molecule has 0 aromatic heterocycles. The van der Waals surface area contributed by atoms with Crippen LogP contribution in [-0.4, -0.2) is 49.3 Å². The normalized spacial score (nSPS) is 15.7. The summed E-state index contributed by atoms with van der Waals surface area (Å²) in [6.45, 7) is 2.98. The molecule has 0 rings (SSSR count). The molecular formula is C11H16F4O7S. The highest BCUT2D eigenvalue weighted by molar-refractivity contribution is 7.88. The minimum atomic E-state index is -6.48. The Balaban J connectivity index is 4.81. The fourth-order valence-electron chi connectivity index (χ4n) is 1.07. The molecule has 1 atom stereocenters. The largest absolute Gasteiger partial charge is 0.462 e. The van der Waals surface area contributed by atoms with Gasteiger partial charge in [0.25, 0.3) is 0 Å². The van der Waals surface area contributed by atoms with Gasteiger partial charge in [-0.1, -0.05) is 6.92 Å². The van der Waals surface area contributed by atoms with Crippen molar-refractivity contribution >= 4 is 22.1 Å². The highest BCUT2D eigenvalue weighted by Gasteiger charge is 2.72. The van der Waals surface area contributed by atoms with Gasteiger partial charge in [-0.2, -0.15) is 21.6 Å². The SMILES string of the molecule is CCC(C)(C)C(=O)OCCOC(=O)C(F)(C(F)(F)F)S(=O)(=O)O. The van der Waals surface area contributed by atoms with Gasteiger partial charge in [-0.3, -0.25) is 9.35 Å². The van der Waals surface area contributed by atoms with Crippen LogP contribution < -0.4 is 0 Å². The molecule has 0 heterocycles. The maximum atomic E-state index is 13.5. The first-order valence-electron chi connectivity index (χ1n) is 6.18. The third kappa shape index (κ3) is 4.77. The number of halogens is 4. The van der Waals surface area contributed by atoms with Crippen molar-refractivity contribution in [3.63, 3.8) is 0 Å². The summed E-state index contributed by atoms with van der Waals surface area (Å²) in [5.74, 6) is -3.62. The number of rotatable bonds is 7. The third-order valence-corrected chi connectivity index (χ3v) is 4.08. The van der Waals surface area contributed by atoms with Gasteiger partial charge in [0.2, 0.25) is 0 Å². The van der Waals surface area contributed by atoms with Crippen LogP contribution in [0.25, 0.3) is 0 Å². The average Bonchev–Trinajstić information content (AvgIpc) is 2.39. The molecule has 0 radical (unpaired) electrons. The third-order valence-electron chi connectivity index (χ3n) is 2.97. The number of alkyl halides is 4. The van der Waals surface area contributed by atoms with E-state index in [0.717, 1.165) is 0 Å². The Morgan fingerprint density at radius 3 is 1.70 bits per heavy atom. The summed E-state index contributed by atoms with van der Waals surface area (Å²) in [6.07, 6.45) is -5.87. The topological polar surface area (TPSA) is 107 Å². The van der Waals surface area contributed by atoms with E-state index in [4.69, 9.17) is 4.55 Å². The van der Waals surface area contributed by atoms with Gasteiger partial charge in [-0.15, -0.1) is 0 Å². The van der Waals surface area contributed by atoms with Crippen LogP contribution in [-0.2, 0) is 29.2 Å². The van der Waals surface area contributed by atoms with Crippen molar-refractivity contribution in [2.45, 2.75) is 38.4 Å². The second-order valence-electron chi connectivity index (χ2n) is 5.08. The molecule has 12 heteroatoms. The van der Waals surface area contributed by atoms with Crippen LogP contribution in [0, 0.1) is 5.41 Å². The highest BCUT2D eigenvalue weighted by Crippen LogP contribution is 2.39. The van der Waals surface area contributed by atoms with Crippen molar-refractivity contribution in [3.8, 4) is 0 Å². The van der Waals surface area contributed by atoms with Crippen LogP contribution in [0.4, 0.5) is 17.6 Å². The fraction of sp³-hybridized carbons (Fsp3) is 0.818. The Bertz CT molecular complexity index is 555. The van der Waals surface area contributed by atoms with E-state index in [2.05, 4.69) is 9.47 Å². The molecule has 0 aromatic rings. The molecule has 1 unspecified atom stereocenters. The Morgan fingerprint density at radius 1 is 1.00 bits per heavy atom. The van der Waals surface area contributed by atoms with Gasteiger partial charge in [0, 0.05) is 0 Å². The van der Waals surface area contributed by atoms with E-state index in [0.29, 0.717) is 6.42 Å². The molecule has 0 bridgehead atoms. The predicted octanol–water partition coefficient (Wildman–Crippen LogP) is 1.62. The molecule has 0 spiro atoms. The number of hydrogen-bond donors (Lipinski definition) is 1. The first-order valence-corrected chi connectivity index (χ1v) is 7.62. The fourth-order valence-corrected chi connectivity index (χ4v) is 1.63. The lowest BCUT2D eigenvalue weighted by molar-refractivity contribution is -0.216. The summed E-state index contributed by atoms with van der Waals surface area (Å²) in [6, 6.07) is 0. The minimum Gasteiger partial charge on any atom is -0.462 e. The number of ether oxygens (including phenoxy) is 2. The van der Waals surface area contributed by atoms with Gasteiger partial charge in [-0.05, 0) is 20.3 Å². The molecule has 136 valence electrons. The second kappa shape index (κ2) is 6.99. The molecule has 1 N–H and O–H groups in total. The van der Waals surface area contributed by atoms with Crippen molar-refractivity contribution in [2.75, 3.05) is 13.2 Å². The van der Waals surface area contributed by atoms with Gasteiger partial charge < -0.3 is 9.47 Å². The van der Waals surface area contributed by atoms with Crippen LogP contribution in [0.2, 0.25) is 0 Å². The molecule has 0 aliphatic rings. The maximum Gasteiger partial charge on any atom is 0.451 e. The van der Waals surface area contributed by atoms with E-state index >= 15 is 0 Å². The molecule has 0 aromatic carbocycles. The highest BCUT2D eigenvalue weighted by atomic mass is 32.2. The lowest BCUT2D eigenvalue weighted by atomic mass is 9.91. The quantitative estimate of drug-likeness (QED) is 0.315. The van der Waals surface area contributed by atoms with Gasteiger partial charge in [0.1, 0.15) is 13.2 Å². The maximum absolute atomic E-state index is 13.5. The summed E-state index contributed by atoms with van der Waals surface area (Å²) in [5.41, 5.74) is -0.895. The number of carbonyl (C=O) groups excluding carboxylic acids is 2. The van der Waals surface area contributed by atoms with Gasteiger partial charge in [-0.25, -0.2) is 9.18 Å². The van der Waals surface area contributed by atoms with Crippen LogP contribution >= 0.6 is 0 Å². The Morgan fingerprint density at radius 2 is 1.39 bits per heavy atom. The zero-order chi connectivity index (χ0) is 18.7. The van der Waals surface area contributed by atoms with Crippen LogP contribution in [0.15, 0.2) is 0 Å². The van der Waals surface area contributed by atoms with E-state index < -0.39 is 51.9 Å². The van der Waals surface area contributed by atoms with Gasteiger partial charge in [0.15, 0.2) is 0 Å². The molecule has 0 saturated heterocycles. The zero-order valence-corrected chi connectivity index (χ0v) is 13.3. The van der Waals surface area contributed by atoms with Gasteiger partial charge in [0.05, 0.1) is 5.41 Å². The first-order chi connectivity index (χ1) is 10.1.